The second-order valence-corrected chi connectivity index (χ2v) is 18.5. The first kappa shape index (κ1) is 60.1. The summed E-state index contributed by atoms with van der Waals surface area (Å²) in [6, 6.07) is 51.0. The van der Waals surface area contributed by atoms with Gasteiger partial charge in [0.15, 0.2) is 25.5 Å². The number of H-pyrrole nitrogens is 5. The summed E-state index contributed by atoms with van der Waals surface area (Å²) >= 11 is 9.48. The number of carbonyl (C=O) groups is 2. The predicted molar refractivity (Wildman–Crippen MR) is 315 cm³/mol. The van der Waals surface area contributed by atoms with Crippen LogP contribution in [0.15, 0.2) is 211 Å². The first-order chi connectivity index (χ1) is 39.5. The fourth-order valence-electron chi connectivity index (χ4n) is 7.94. The molecule has 9 N–H and O–H groups in total. The Bertz CT molecular complexity index is 4010. The van der Waals surface area contributed by atoms with E-state index in [-0.39, 0.29) is 28.5 Å². The third-order valence-corrected chi connectivity index (χ3v) is 12.8. The number of pyridine rings is 4. The molecule has 2 aromatic carbocycles. The van der Waals surface area contributed by atoms with Gasteiger partial charge >= 0.3 is 11.9 Å². The number of esters is 2. The zero-order chi connectivity index (χ0) is 56.9. The molecular formula is C60H56Br2ClN14O5+. The van der Waals surface area contributed by atoms with Crippen LogP contribution < -0.4 is 43.1 Å². The summed E-state index contributed by atoms with van der Waals surface area (Å²) < 4.78 is 15.1. The predicted octanol–water partition coefficient (Wildman–Crippen LogP) is 7.33. The van der Waals surface area contributed by atoms with Crippen LogP contribution >= 0.6 is 27.5 Å². The molecule has 0 bridgehead atoms. The SMILES string of the molecule is Brc1cccc[n+]1Cc1ccccc1.CCOC(=O)c1cc(-c2cccc[n+]2Cc2ccccc2)[nH]c1N.CCOC(=O)c1cc[nH]c1N.Clc1ncnc2[nH]c(-c3ccccn3)cc12.O=c1[nH]cnc2[nH]c(-c3ccccn3)cc12.[Br-]. The van der Waals surface area contributed by atoms with Gasteiger partial charge in [0.25, 0.3) is 5.56 Å². The van der Waals surface area contributed by atoms with Crippen LogP contribution in [0.1, 0.15) is 45.7 Å². The Morgan fingerprint density at radius 3 is 1.67 bits per heavy atom. The summed E-state index contributed by atoms with van der Waals surface area (Å²) in [6.45, 7) is 5.84. The van der Waals surface area contributed by atoms with Crippen molar-refractivity contribution < 1.29 is 45.2 Å². The molecule has 10 heterocycles. The molecule has 22 heteroatoms. The summed E-state index contributed by atoms with van der Waals surface area (Å²) in [4.78, 5) is 69.5. The standard InChI is InChI=1S/C19H19N3O2.C12H11BrN.C11H7ClN4.C11H8N4O.C7H10N2O2.BrH/c1-2-24-19(23)15-12-16(21-18(15)20)17-10-6-7-11-22(17)13-14-8-4-3-5-9-14;13-12-8-4-5-9-14(12)10-11-6-2-1-3-7-11;12-10-7-5-9(8-3-1-2-4-13-8)16-11(7)15-6-14-10;16-11-7-5-9(8-3-1-2-4-12-8)15-10(7)13-6-14-11;1-2-11-7(10)5-3-4-9-6(5)8;/h3-12H,2,13H2,1H3,(H2,20,21);1-9H,10H2;1-6H,(H,14,15,16);1-6H,(H2,13,14,15,16);3-4,9H,2,8H2,1H3;1H/q;+1;;;;. The van der Waals surface area contributed by atoms with Crippen LogP contribution in [0, 0.1) is 0 Å². The summed E-state index contributed by atoms with van der Waals surface area (Å²) in [5.41, 5.74) is 20.8. The van der Waals surface area contributed by atoms with E-state index < -0.39 is 5.97 Å². The maximum Gasteiger partial charge on any atom is 0.341 e. The van der Waals surface area contributed by atoms with Crippen molar-refractivity contribution in [2.24, 2.45) is 0 Å². The molecule has 0 aliphatic carbocycles. The monoisotopic (exact) mass is 1250 g/mol. The summed E-state index contributed by atoms with van der Waals surface area (Å²) in [6.07, 6.45) is 11.9. The average molecular weight is 1250 g/mol. The molecule has 0 amide bonds. The molecule has 0 spiro atoms. The number of nitrogens with zero attached hydrogens (tertiary/aromatic N) is 7. The highest BCUT2D eigenvalue weighted by atomic mass is 79.9. The van der Waals surface area contributed by atoms with E-state index >= 15 is 0 Å². The zero-order valence-corrected chi connectivity index (χ0v) is 48.3. The molecule has 0 saturated heterocycles. The van der Waals surface area contributed by atoms with E-state index in [1.165, 1.54) is 23.8 Å². The molecule has 12 aromatic rings. The van der Waals surface area contributed by atoms with Gasteiger partial charge in [-0.3, -0.25) is 14.8 Å². The lowest BCUT2D eigenvalue weighted by Gasteiger charge is -2.02. The van der Waals surface area contributed by atoms with Gasteiger partial charge in [-0.2, -0.15) is 9.13 Å². The second kappa shape index (κ2) is 30.1. The van der Waals surface area contributed by atoms with Crippen LogP contribution in [0.2, 0.25) is 5.15 Å². The molecular weight excluding hydrogens is 1190 g/mol. The molecule has 0 fully saturated rings. The number of hydrogen-bond donors (Lipinski definition) is 7. The van der Waals surface area contributed by atoms with Crippen molar-refractivity contribution in [3.63, 3.8) is 0 Å². The molecule has 0 atom stereocenters. The summed E-state index contributed by atoms with van der Waals surface area (Å²) in [5.74, 6) is -0.128. The van der Waals surface area contributed by atoms with Crippen molar-refractivity contribution in [3.8, 4) is 34.2 Å². The van der Waals surface area contributed by atoms with Gasteiger partial charge in [-0.05, 0) is 74.5 Å². The number of rotatable bonds is 11. The largest absolute Gasteiger partial charge is 1.00 e. The van der Waals surface area contributed by atoms with E-state index in [0.717, 1.165) is 62.9 Å². The number of anilines is 2. The van der Waals surface area contributed by atoms with Crippen molar-refractivity contribution in [2.75, 3.05) is 24.7 Å². The minimum atomic E-state index is -0.414. The number of ether oxygens (including phenoxy) is 2. The quantitative estimate of drug-likeness (QED) is 0.0290. The maximum atomic E-state index is 12.0. The van der Waals surface area contributed by atoms with Gasteiger partial charge in [0.1, 0.15) is 51.2 Å². The molecule has 0 unspecified atom stereocenters. The highest BCUT2D eigenvalue weighted by molar-refractivity contribution is 9.10. The van der Waals surface area contributed by atoms with Crippen LogP contribution in [0.3, 0.4) is 0 Å². The van der Waals surface area contributed by atoms with Gasteiger partial charge in [-0.1, -0.05) is 84.4 Å². The van der Waals surface area contributed by atoms with Crippen LogP contribution in [0.5, 0.6) is 0 Å². The molecule has 82 heavy (non-hydrogen) atoms. The molecule has 12 rings (SSSR count). The number of nitrogens with one attached hydrogen (secondary N) is 5. The van der Waals surface area contributed by atoms with E-state index in [1.54, 1.807) is 50.6 Å². The normalized spacial score (nSPS) is 10.3. The Morgan fingerprint density at radius 1 is 0.573 bits per heavy atom. The smallest absolute Gasteiger partial charge is 0.341 e. The van der Waals surface area contributed by atoms with E-state index in [9.17, 15) is 14.4 Å². The van der Waals surface area contributed by atoms with Crippen molar-refractivity contribution in [2.45, 2.75) is 26.9 Å². The Kier molecular flexibility index (Phi) is 22.1. The van der Waals surface area contributed by atoms with Gasteiger partial charge in [-0.25, -0.2) is 24.5 Å². The Hall–Kier alpha value is -9.57. The number of fused-ring (bicyclic) bond motifs is 2. The number of nitrogens with two attached hydrogens (primary N) is 2. The van der Waals surface area contributed by atoms with Gasteiger partial charge in [0.2, 0.25) is 10.3 Å². The third-order valence-electron chi connectivity index (χ3n) is 11.8. The number of nitrogen functional groups attached to an aromatic ring is 2. The van der Waals surface area contributed by atoms with Crippen LogP contribution in [0.4, 0.5) is 11.6 Å². The lowest BCUT2D eigenvalue weighted by molar-refractivity contribution is -0.699. The molecule has 0 saturated carbocycles. The van der Waals surface area contributed by atoms with E-state index in [0.29, 0.717) is 52.2 Å². The second-order valence-electron chi connectivity index (χ2n) is 17.3. The minimum Gasteiger partial charge on any atom is -1.00 e. The third kappa shape index (κ3) is 16.3. The van der Waals surface area contributed by atoms with Gasteiger partial charge in [-0.15, -0.1) is 0 Å². The minimum absolute atomic E-state index is 0. The number of benzene rings is 2. The van der Waals surface area contributed by atoms with Gasteiger partial charge in [0, 0.05) is 69.9 Å². The first-order valence-electron chi connectivity index (χ1n) is 25.3. The number of halogens is 3. The molecule has 10 aromatic heterocycles. The van der Waals surface area contributed by atoms with Crippen molar-refractivity contribution in [3.05, 3.63) is 244 Å². The maximum absolute atomic E-state index is 12.0. The molecule has 0 radical (unpaired) electrons. The lowest BCUT2D eigenvalue weighted by atomic mass is 10.2. The highest BCUT2D eigenvalue weighted by Gasteiger charge is 2.21. The molecule has 0 aliphatic heterocycles. The van der Waals surface area contributed by atoms with Crippen molar-refractivity contribution >= 4 is 73.2 Å². The summed E-state index contributed by atoms with van der Waals surface area (Å²) in [5, 5.41) is 1.80. The molecule has 0 aliphatic rings. The number of aromatic nitrogens is 12. The Labute approximate surface area is 494 Å². The topological polar surface area (TPSA) is 273 Å². The number of hydrogen-bond acceptors (Lipinski definition) is 12. The molecule has 416 valence electrons. The Balaban J connectivity index is 0.000000151. The first-order valence-corrected chi connectivity index (χ1v) is 26.5. The van der Waals surface area contributed by atoms with Crippen LogP contribution in [0.25, 0.3) is 56.2 Å². The fourth-order valence-corrected chi connectivity index (χ4v) is 8.52. The molecule has 19 nitrogen and oxygen atoms in total. The highest BCUT2D eigenvalue weighted by Crippen LogP contribution is 2.26. The van der Waals surface area contributed by atoms with Gasteiger partial charge in [0.05, 0.1) is 53.1 Å². The summed E-state index contributed by atoms with van der Waals surface area (Å²) in [7, 11) is 0. The van der Waals surface area contributed by atoms with Gasteiger partial charge < -0.3 is 62.8 Å². The van der Waals surface area contributed by atoms with E-state index in [1.807, 2.05) is 109 Å². The number of carbonyl (C=O) groups excluding carboxylic acids is 2. The average Bonchev–Trinajstić information content (AvgIpc) is 4.34. The van der Waals surface area contributed by atoms with Crippen molar-refractivity contribution in [1.29, 1.82) is 0 Å². The van der Waals surface area contributed by atoms with E-state index in [4.69, 9.17) is 32.5 Å². The van der Waals surface area contributed by atoms with E-state index in [2.05, 4.69) is 117 Å². The number of aromatic amines is 5. The zero-order valence-electron chi connectivity index (χ0n) is 44.3. The van der Waals surface area contributed by atoms with Crippen LogP contribution in [-0.4, -0.2) is 75.0 Å². The van der Waals surface area contributed by atoms with Crippen LogP contribution in [-0.2, 0) is 22.6 Å². The van der Waals surface area contributed by atoms with Crippen molar-refractivity contribution in [1.82, 2.24) is 49.8 Å². The Morgan fingerprint density at radius 2 is 1.12 bits per heavy atom. The fraction of sp³-hybridized carbons (Fsp3) is 0.100. The lowest BCUT2D eigenvalue weighted by Crippen LogP contribution is -3.00.